The van der Waals surface area contributed by atoms with Crippen molar-refractivity contribution in [2.45, 2.75) is 39.9 Å². The van der Waals surface area contributed by atoms with Crippen molar-refractivity contribution >= 4 is 11.3 Å². The van der Waals surface area contributed by atoms with Crippen LogP contribution >= 0.6 is 11.3 Å². The Labute approximate surface area is 146 Å². The van der Waals surface area contributed by atoms with E-state index in [0.29, 0.717) is 0 Å². The average Bonchev–Trinajstić information content (AvgIpc) is 3.19. The highest BCUT2D eigenvalue weighted by Crippen LogP contribution is 2.29. The molecule has 0 aliphatic carbocycles. The first-order valence-electron chi connectivity index (χ1n) is 8.39. The van der Waals surface area contributed by atoms with Crippen LogP contribution in [0.2, 0.25) is 0 Å². The number of hydrogen-bond donors (Lipinski definition) is 0. The van der Waals surface area contributed by atoms with E-state index in [0.717, 1.165) is 55.0 Å². The van der Waals surface area contributed by atoms with Crippen LogP contribution in [0.4, 0.5) is 0 Å². The Kier molecular flexibility index (Phi) is 4.16. The molecule has 0 unspecified atom stereocenters. The minimum atomic E-state index is 0.866. The summed E-state index contributed by atoms with van der Waals surface area (Å²) in [6.07, 6.45) is 0.946. The fourth-order valence-corrected chi connectivity index (χ4v) is 4.26. The first-order valence-corrected chi connectivity index (χ1v) is 9.21. The van der Waals surface area contributed by atoms with E-state index in [1.54, 1.807) is 11.3 Å². The summed E-state index contributed by atoms with van der Waals surface area (Å²) in [4.78, 5) is 8.55. The minimum absolute atomic E-state index is 0.866. The SMILES string of the molecule is CCc1nnc2n1CCN(Cc1sc(-c3ccccc3)nc1C)C2. The van der Waals surface area contributed by atoms with Crippen LogP contribution < -0.4 is 0 Å². The lowest BCUT2D eigenvalue weighted by atomic mass is 10.2. The van der Waals surface area contributed by atoms with Gasteiger partial charge in [-0.15, -0.1) is 21.5 Å². The monoisotopic (exact) mass is 339 g/mol. The summed E-state index contributed by atoms with van der Waals surface area (Å²) in [5, 5.41) is 9.76. The van der Waals surface area contributed by atoms with Gasteiger partial charge < -0.3 is 4.57 Å². The van der Waals surface area contributed by atoms with E-state index in [4.69, 9.17) is 4.98 Å². The molecular weight excluding hydrogens is 318 g/mol. The van der Waals surface area contributed by atoms with Crippen LogP contribution in [0.3, 0.4) is 0 Å². The van der Waals surface area contributed by atoms with E-state index in [-0.39, 0.29) is 0 Å². The van der Waals surface area contributed by atoms with Crippen molar-refractivity contribution in [3.63, 3.8) is 0 Å². The number of rotatable bonds is 4. The maximum absolute atomic E-state index is 4.77. The van der Waals surface area contributed by atoms with Crippen LogP contribution in [0.1, 0.15) is 29.1 Å². The molecule has 0 spiro atoms. The summed E-state index contributed by atoms with van der Waals surface area (Å²) in [6.45, 7) is 8.07. The molecule has 1 aliphatic heterocycles. The van der Waals surface area contributed by atoms with Gasteiger partial charge >= 0.3 is 0 Å². The molecule has 0 amide bonds. The Hall–Kier alpha value is -2.05. The van der Waals surface area contributed by atoms with E-state index < -0.39 is 0 Å². The molecule has 4 rings (SSSR count). The third-order valence-electron chi connectivity index (χ3n) is 4.51. The quantitative estimate of drug-likeness (QED) is 0.732. The topological polar surface area (TPSA) is 46.8 Å². The number of benzene rings is 1. The Morgan fingerprint density at radius 1 is 1.12 bits per heavy atom. The molecule has 0 radical (unpaired) electrons. The van der Waals surface area contributed by atoms with Gasteiger partial charge in [-0.05, 0) is 6.92 Å². The molecule has 1 aromatic carbocycles. The molecule has 5 nitrogen and oxygen atoms in total. The van der Waals surface area contributed by atoms with Crippen molar-refractivity contribution in [3.05, 3.63) is 52.6 Å². The Morgan fingerprint density at radius 3 is 2.75 bits per heavy atom. The molecule has 0 bridgehead atoms. The fraction of sp³-hybridized carbons (Fsp3) is 0.389. The van der Waals surface area contributed by atoms with Gasteiger partial charge in [0.2, 0.25) is 0 Å². The predicted molar refractivity (Wildman–Crippen MR) is 95.8 cm³/mol. The molecule has 0 fully saturated rings. The fourth-order valence-electron chi connectivity index (χ4n) is 3.15. The summed E-state index contributed by atoms with van der Waals surface area (Å²) in [7, 11) is 0. The summed E-state index contributed by atoms with van der Waals surface area (Å²) in [5.41, 5.74) is 2.34. The van der Waals surface area contributed by atoms with Gasteiger partial charge in [-0.3, -0.25) is 4.90 Å². The van der Waals surface area contributed by atoms with Crippen molar-refractivity contribution in [2.24, 2.45) is 0 Å². The Morgan fingerprint density at radius 2 is 1.96 bits per heavy atom. The number of nitrogens with zero attached hydrogens (tertiary/aromatic N) is 5. The molecule has 0 N–H and O–H groups in total. The molecule has 124 valence electrons. The van der Waals surface area contributed by atoms with Crippen molar-refractivity contribution < 1.29 is 0 Å². The predicted octanol–water partition coefficient (Wildman–Crippen LogP) is 3.29. The van der Waals surface area contributed by atoms with Gasteiger partial charge in [-0.2, -0.15) is 0 Å². The minimum Gasteiger partial charge on any atom is -0.313 e. The number of aromatic nitrogens is 4. The maximum atomic E-state index is 4.77. The van der Waals surface area contributed by atoms with Crippen LogP contribution in [-0.4, -0.2) is 31.2 Å². The van der Waals surface area contributed by atoms with Crippen molar-refractivity contribution in [3.8, 4) is 10.6 Å². The Bertz CT molecular complexity index is 836. The second-order valence-electron chi connectivity index (χ2n) is 6.14. The maximum Gasteiger partial charge on any atom is 0.147 e. The van der Waals surface area contributed by atoms with Crippen LogP contribution in [0, 0.1) is 6.92 Å². The van der Waals surface area contributed by atoms with Crippen molar-refractivity contribution in [1.29, 1.82) is 0 Å². The van der Waals surface area contributed by atoms with Gasteiger partial charge in [0, 0.05) is 36.5 Å². The van der Waals surface area contributed by atoms with Crippen molar-refractivity contribution in [2.75, 3.05) is 6.54 Å². The van der Waals surface area contributed by atoms with Gasteiger partial charge in [-0.1, -0.05) is 37.3 Å². The molecule has 3 aromatic rings. The highest BCUT2D eigenvalue weighted by atomic mass is 32.1. The van der Waals surface area contributed by atoms with E-state index >= 15 is 0 Å². The third kappa shape index (κ3) is 2.87. The highest BCUT2D eigenvalue weighted by molar-refractivity contribution is 7.15. The summed E-state index contributed by atoms with van der Waals surface area (Å²) >= 11 is 1.80. The number of thiazole rings is 1. The van der Waals surface area contributed by atoms with Gasteiger partial charge in [0.25, 0.3) is 0 Å². The largest absolute Gasteiger partial charge is 0.313 e. The number of hydrogen-bond acceptors (Lipinski definition) is 5. The summed E-state index contributed by atoms with van der Waals surface area (Å²) < 4.78 is 2.27. The summed E-state index contributed by atoms with van der Waals surface area (Å²) in [5.74, 6) is 2.19. The van der Waals surface area contributed by atoms with Crippen LogP contribution in [-0.2, 0) is 26.1 Å². The van der Waals surface area contributed by atoms with Crippen LogP contribution in [0.15, 0.2) is 30.3 Å². The standard InChI is InChI=1S/C18H21N5S/c1-3-16-20-21-17-12-22(9-10-23(16)17)11-15-13(2)19-18(24-15)14-7-5-4-6-8-14/h4-8H,3,9-12H2,1-2H3. The van der Waals surface area contributed by atoms with Gasteiger partial charge in [0.05, 0.1) is 12.2 Å². The molecule has 0 atom stereocenters. The molecule has 6 heteroatoms. The lowest BCUT2D eigenvalue weighted by Gasteiger charge is -2.27. The zero-order valence-electron chi connectivity index (χ0n) is 14.1. The summed E-state index contributed by atoms with van der Waals surface area (Å²) in [6, 6.07) is 10.4. The smallest absolute Gasteiger partial charge is 0.147 e. The average molecular weight is 339 g/mol. The molecule has 0 saturated heterocycles. The molecule has 1 aliphatic rings. The lowest BCUT2D eigenvalue weighted by Crippen LogP contribution is -2.33. The highest BCUT2D eigenvalue weighted by Gasteiger charge is 2.22. The molecule has 2 aromatic heterocycles. The molecule has 24 heavy (non-hydrogen) atoms. The first kappa shape index (κ1) is 15.5. The normalized spacial score (nSPS) is 14.8. The third-order valence-corrected chi connectivity index (χ3v) is 5.70. The number of aryl methyl sites for hydroxylation is 2. The molecule has 0 saturated carbocycles. The van der Waals surface area contributed by atoms with Gasteiger partial charge in [-0.25, -0.2) is 4.98 Å². The van der Waals surface area contributed by atoms with Gasteiger partial charge in [0.15, 0.2) is 0 Å². The van der Waals surface area contributed by atoms with E-state index in [1.165, 1.54) is 10.4 Å². The number of fused-ring (bicyclic) bond motifs is 1. The van der Waals surface area contributed by atoms with Crippen LogP contribution in [0.5, 0.6) is 0 Å². The van der Waals surface area contributed by atoms with Crippen molar-refractivity contribution in [1.82, 2.24) is 24.6 Å². The van der Waals surface area contributed by atoms with E-state index in [9.17, 15) is 0 Å². The zero-order valence-corrected chi connectivity index (χ0v) is 14.9. The van der Waals surface area contributed by atoms with E-state index in [2.05, 4.69) is 57.8 Å². The lowest BCUT2D eigenvalue weighted by molar-refractivity contribution is 0.208. The molecular formula is C18H21N5S. The first-order chi connectivity index (χ1) is 11.7. The second-order valence-corrected chi connectivity index (χ2v) is 7.23. The Balaban J connectivity index is 1.51. The van der Waals surface area contributed by atoms with E-state index in [1.807, 2.05) is 6.07 Å². The zero-order chi connectivity index (χ0) is 16.5. The van der Waals surface area contributed by atoms with Crippen LogP contribution in [0.25, 0.3) is 10.6 Å². The van der Waals surface area contributed by atoms with Gasteiger partial charge in [0.1, 0.15) is 16.7 Å². The second kappa shape index (κ2) is 6.45. The molecule has 3 heterocycles.